The maximum atomic E-state index is 14.0. The number of hydrogen-bond acceptors (Lipinski definition) is 4. The summed E-state index contributed by atoms with van der Waals surface area (Å²) in [5.74, 6) is -0.723. The van der Waals surface area contributed by atoms with Crippen molar-refractivity contribution < 1.29 is 14.7 Å². The van der Waals surface area contributed by atoms with Gasteiger partial charge in [0.1, 0.15) is 6.04 Å². The molecule has 0 bridgehead atoms. The third-order valence-corrected chi connectivity index (χ3v) is 8.33. The van der Waals surface area contributed by atoms with E-state index in [-0.39, 0.29) is 41.9 Å². The summed E-state index contributed by atoms with van der Waals surface area (Å²) in [6, 6.07) is 10.8. The molecule has 2 fully saturated rings. The Bertz CT molecular complexity index is 1280. The third-order valence-electron chi connectivity index (χ3n) is 8.33. The second-order valence-electron chi connectivity index (χ2n) is 10.3. The molecule has 7 heteroatoms. The number of likely N-dealkylation sites (tertiary alicyclic amines) is 1. The third kappa shape index (κ3) is 3.47. The van der Waals surface area contributed by atoms with Gasteiger partial charge < -0.3 is 19.5 Å². The van der Waals surface area contributed by atoms with E-state index in [0.717, 1.165) is 30.5 Å². The fourth-order valence-electron chi connectivity index (χ4n) is 6.45. The molecule has 1 saturated heterocycles. The quantitative estimate of drug-likeness (QED) is 0.739. The normalized spacial score (nSPS) is 27.1. The van der Waals surface area contributed by atoms with Gasteiger partial charge in [-0.1, -0.05) is 36.4 Å². The summed E-state index contributed by atoms with van der Waals surface area (Å²) in [4.78, 5) is 44.4. The van der Waals surface area contributed by atoms with E-state index in [1.54, 1.807) is 21.6 Å². The van der Waals surface area contributed by atoms with Crippen molar-refractivity contribution in [3.8, 4) is 0 Å². The Morgan fingerprint density at radius 1 is 1.09 bits per heavy atom. The fourth-order valence-corrected chi connectivity index (χ4v) is 6.45. The highest BCUT2D eigenvalue weighted by Crippen LogP contribution is 2.51. The molecule has 6 rings (SSSR count). The SMILES string of the molecule is C/C=C\c1ccc2n(c1=O)C[C@H]1[C@H](CO)[C@@H](C(=O)N3CCc4ccccc4C3)N(C(=O)C3CC3)[C@@H]21. The van der Waals surface area contributed by atoms with Crippen LogP contribution in [0, 0.1) is 17.8 Å². The fraction of sp³-hybridized carbons (Fsp3) is 0.464. The summed E-state index contributed by atoms with van der Waals surface area (Å²) in [5, 5.41) is 10.5. The number of hydrogen-bond donors (Lipinski definition) is 1. The van der Waals surface area contributed by atoms with Gasteiger partial charge >= 0.3 is 0 Å². The number of pyridine rings is 1. The van der Waals surface area contributed by atoms with Gasteiger partial charge in [-0.3, -0.25) is 14.4 Å². The Hall–Kier alpha value is -3.19. The molecule has 0 unspecified atom stereocenters. The van der Waals surface area contributed by atoms with Gasteiger partial charge in [-0.2, -0.15) is 0 Å². The lowest BCUT2D eigenvalue weighted by atomic mass is 9.87. The monoisotopic (exact) mass is 473 g/mol. The first-order chi connectivity index (χ1) is 17.0. The van der Waals surface area contributed by atoms with Crippen LogP contribution in [-0.2, 0) is 29.1 Å². The van der Waals surface area contributed by atoms with Gasteiger partial charge in [0.05, 0.1) is 6.04 Å². The standard InChI is InChI=1S/C28H31N3O4/c1-2-5-18-10-11-23-24-21(15-30(23)26(18)33)22(16-32)25(31(24)27(34)19-8-9-19)28(35)29-13-12-17-6-3-4-7-20(17)14-29/h2-7,10-11,19,21-22,24-25,32H,8-9,12-16H2,1H3/b5-2-/t21-,22-,24+,25-/m0/s1. The van der Waals surface area contributed by atoms with E-state index in [1.165, 1.54) is 5.56 Å². The number of fused-ring (bicyclic) bond motifs is 4. The van der Waals surface area contributed by atoms with E-state index < -0.39 is 12.0 Å². The van der Waals surface area contributed by atoms with E-state index in [0.29, 0.717) is 25.2 Å². The minimum Gasteiger partial charge on any atom is -0.396 e. The van der Waals surface area contributed by atoms with Gasteiger partial charge in [-0.25, -0.2) is 0 Å². The molecule has 4 aliphatic rings. The van der Waals surface area contributed by atoms with E-state index in [9.17, 15) is 19.5 Å². The van der Waals surface area contributed by atoms with E-state index >= 15 is 0 Å². The van der Waals surface area contributed by atoms with Gasteiger partial charge in [0.15, 0.2) is 0 Å². The highest BCUT2D eigenvalue weighted by Gasteiger charge is 2.59. The number of aromatic nitrogens is 1. The van der Waals surface area contributed by atoms with Gasteiger partial charge in [-0.15, -0.1) is 0 Å². The van der Waals surface area contributed by atoms with Gasteiger partial charge in [0, 0.05) is 55.3 Å². The van der Waals surface area contributed by atoms with Crippen LogP contribution in [0.5, 0.6) is 0 Å². The summed E-state index contributed by atoms with van der Waals surface area (Å²) < 4.78 is 1.75. The number of aliphatic hydroxyl groups is 1. The van der Waals surface area contributed by atoms with Crippen molar-refractivity contribution in [3.05, 3.63) is 75.2 Å². The van der Waals surface area contributed by atoms with Crippen LogP contribution in [0.25, 0.3) is 6.08 Å². The maximum absolute atomic E-state index is 14.0. The van der Waals surface area contributed by atoms with Gasteiger partial charge in [-0.05, 0) is 49.4 Å². The summed E-state index contributed by atoms with van der Waals surface area (Å²) in [6.45, 7) is 3.22. The first-order valence-electron chi connectivity index (χ1n) is 12.7. The molecular weight excluding hydrogens is 442 g/mol. The van der Waals surface area contributed by atoms with E-state index in [1.807, 2.05) is 36.1 Å². The Morgan fingerprint density at radius 3 is 2.57 bits per heavy atom. The Labute approximate surface area is 204 Å². The predicted octanol–water partition coefficient (Wildman–Crippen LogP) is 2.37. The van der Waals surface area contributed by atoms with Crippen molar-refractivity contribution in [2.24, 2.45) is 17.8 Å². The van der Waals surface area contributed by atoms with Crippen LogP contribution in [0.4, 0.5) is 0 Å². The number of carbonyl (C=O) groups excluding carboxylic acids is 2. The molecule has 4 atom stereocenters. The highest BCUT2D eigenvalue weighted by atomic mass is 16.3. The van der Waals surface area contributed by atoms with E-state index in [2.05, 4.69) is 12.1 Å². The second-order valence-corrected chi connectivity index (χ2v) is 10.3. The lowest BCUT2D eigenvalue weighted by molar-refractivity contribution is -0.148. The number of amides is 2. The molecular formula is C28H31N3O4. The first kappa shape index (κ1) is 22.3. The molecule has 0 radical (unpaired) electrons. The van der Waals surface area contributed by atoms with Crippen molar-refractivity contribution in [1.29, 1.82) is 0 Å². The average molecular weight is 474 g/mol. The molecule has 2 aromatic rings. The zero-order valence-corrected chi connectivity index (χ0v) is 20.0. The Morgan fingerprint density at radius 2 is 1.86 bits per heavy atom. The molecule has 1 aliphatic carbocycles. The number of allylic oxidation sites excluding steroid dienone is 1. The molecule has 1 aromatic carbocycles. The molecule has 2 amide bonds. The lowest BCUT2D eigenvalue weighted by Gasteiger charge is -2.37. The minimum absolute atomic E-state index is 0.00913. The zero-order valence-electron chi connectivity index (χ0n) is 20.0. The lowest BCUT2D eigenvalue weighted by Crippen LogP contribution is -2.53. The van der Waals surface area contributed by atoms with Crippen molar-refractivity contribution in [2.75, 3.05) is 13.2 Å². The molecule has 3 aliphatic heterocycles. The number of aliphatic hydroxyl groups excluding tert-OH is 1. The molecule has 4 heterocycles. The molecule has 7 nitrogen and oxygen atoms in total. The number of rotatable bonds is 4. The van der Waals surface area contributed by atoms with Crippen LogP contribution in [-0.4, -0.2) is 50.5 Å². The Kier molecular flexibility index (Phi) is 5.40. The van der Waals surface area contributed by atoms with Gasteiger partial charge in [0.25, 0.3) is 5.56 Å². The first-order valence-corrected chi connectivity index (χ1v) is 12.7. The minimum atomic E-state index is -0.701. The Balaban J connectivity index is 1.39. The molecule has 182 valence electrons. The second kappa shape index (κ2) is 8.48. The van der Waals surface area contributed by atoms with Crippen LogP contribution in [0.3, 0.4) is 0 Å². The van der Waals surface area contributed by atoms with Crippen LogP contribution < -0.4 is 5.56 Å². The largest absolute Gasteiger partial charge is 0.396 e. The van der Waals surface area contributed by atoms with Crippen LogP contribution in [0.15, 0.2) is 47.3 Å². The molecule has 1 aromatic heterocycles. The number of nitrogens with zero attached hydrogens (tertiary/aromatic N) is 3. The van der Waals surface area contributed by atoms with Crippen molar-refractivity contribution in [1.82, 2.24) is 14.4 Å². The zero-order chi connectivity index (χ0) is 24.3. The average Bonchev–Trinajstić information content (AvgIpc) is 3.59. The topological polar surface area (TPSA) is 82.8 Å². The number of benzene rings is 1. The van der Waals surface area contributed by atoms with Crippen LogP contribution >= 0.6 is 0 Å². The maximum Gasteiger partial charge on any atom is 0.258 e. The summed E-state index contributed by atoms with van der Waals surface area (Å²) in [6.07, 6.45) is 6.09. The van der Waals surface area contributed by atoms with E-state index in [4.69, 9.17) is 0 Å². The van der Waals surface area contributed by atoms with Gasteiger partial charge in [0.2, 0.25) is 11.8 Å². The molecule has 1 N–H and O–H groups in total. The number of carbonyl (C=O) groups is 2. The van der Waals surface area contributed by atoms with Crippen molar-refractivity contribution >= 4 is 17.9 Å². The summed E-state index contributed by atoms with van der Waals surface area (Å²) >= 11 is 0. The summed E-state index contributed by atoms with van der Waals surface area (Å²) in [5.41, 5.74) is 3.70. The molecule has 35 heavy (non-hydrogen) atoms. The molecule has 1 saturated carbocycles. The van der Waals surface area contributed by atoms with Crippen LogP contribution in [0.2, 0.25) is 0 Å². The summed E-state index contributed by atoms with van der Waals surface area (Å²) in [7, 11) is 0. The van der Waals surface area contributed by atoms with Crippen molar-refractivity contribution in [2.45, 2.75) is 51.4 Å². The van der Waals surface area contributed by atoms with Crippen LogP contribution in [0.1, 0.15) is 48.2 Å². The van der Waals surface area contributed by atoms with Crippen molar-refractivity contribution in [3.63, 3.8) is 0 Å². The molecule has 0 spiro atoms. The highest BCUT2D eigenvalue weighted by molar-refractivity contribution is 5.91. The predicted molar refractivity (Wildman–Crippen MR) is 131 cm³/mol. The smallest absolute Gasteiger partial charge is 0.258 e.